The van der Waals surface area contributed by atoms with Crippen LogP contribution in [0.5, 0.6) is 0 Å². The van der Waals surface area contributed by atoms with Gasteiger partial charge in [0.15, 0.2) is 6.29 Å². The van der Waals surface area contributed by atoms with E-state index in [1.807, 2.05) is 0 Å². The Bertz CT molecular complexity index is 880. The lowest BCUT2D eigenvalue weighted by molar-refractivity contribution is -0.328. The van der Waals surface area contributed by atoms with E-state index in [4.69, 9.17) is 33.2 Å². The van der Waals surface area contributed by atoms with Crippen molar-refractivity contribution in [3.05, 3.63) is 23.5 Å². The topological polar surface area (TPSA) is 194 Å². The highest BCUT2D eigenvalue weighted by molar-refractivity contribution is 5.90. The molecule has 1 saturated heterocycles. The Morgan fingerprint density at radius 1 is 0.972 bits per heavy atom. The molecule has 0 radical (unpaired) electrons. The first-order valence-electron chi connectivity index (χ1n) is 10.8. The predicted molar refractivity (Wildman–Crippen MR) is 114 cm³/mol. The first-order chi connectivity index (χ1) is 17.0. The van der Waals surface area contributed by atoms with Crippen LogP contribution in [0.25, 0.3) is 0 Å². The number of esters is 4. The van der Waals surface area contributed by atoms with Crippen LogP contribution in [0.2, 0.25) is 0 Å². The van der Waals surface area contributed by atoms with Crippen molar-refractivity contribution in [3.8, 4) is 0 Å². The third-order valence-electron chi connectivity index (χ3n) is 5.37. The summed E-state index contributed by atoms with van der Waals surface area (Å²) in [6, 6.07) is 0. The lowest BCUT2D eigenvalue weighted by Gasteiger charge is -2.42. The summed E-state index contributed by atoms with van der Waals surface area (Å²) in [4.78, 5) is 46.8. The van der Waals surface area contributed by atoms with Gasteiger partial charge in [-0.25, -0.2) is 4.79 Å². The number of aliphatic hydroxyl groups excluding tert-OH is 3. The molecule has 7 atom stereocenters. The largest absolute Gasteiger partial charge is 0.469 e. The van der Waals surface area contributed by atoms with Crippen LogP contribution in [-0.2, 0) is 52.3 Å². The summed E-state index contributed by atoms with van der Waals surface area (Å²) in [5.74, 6) is -3.78. The molecule has 36 heavy (non-hydrogen) atoms. The maximum Gasteiger partial charge on any atom is 0.337 e. The second kappa shape index (κ2) is 13.3. The van der Waals surface area contributed by atoms with Crippen LogP contribution in [0.4, 0.5) is 0 Å². The molecule has 0 unspecified atom stereocenters. The van der Waals surface area contributed by atoms with E-state index in [9.17, 15) is 34.5 Å². The van der Waals surface area contributed by atoms with Crippen LogP contribution >= 0.6 is 0 Å². The van der Waals surface area contributed by atoms with Crippen molar-refractivity contribution in [2.45, 2.75) is 57.3 Å². The molecule has 2 heterocycles. The summed E-state index contributed by atoms with van der Waals surface area (Å²) in [5.41, 5.74) is 0.0580. The van der Waals surface area contributed by atoms with E-state index in [1.54, 1.807) is 0 Å². The van der Waals surface area contributed by atoms with Crippen LogP contribution in [0.1, 0.15) is 20.3 Å². The summed E-state index contributed by atoms with van der Waals surface area (Å²) in [5, 5.41) is 30.8. The van der Waals surface area contributed by atoms with Gasteiger partial charge in [0, 0.05) is 25.3 Å². The zero-order valence-corrected chi connectivity index (χ0v) is 20.1. The summed E-state index contributed by atoms with van der Waals surface area (Å²) in [7, 11) is 2.28. The molecule has 202 valence electrons. The van der Waals surface area contributed by atoms with Crippen molar-refractivity contribution in [2.24, 2.45) is 5.92 Å². The molecule has 2 rings (SSSR count). The molecule has 0 aromatic heterocycles. The average molecular weight is 518 g/mol. The molecule has 3 N–H and O–H groups in total. The molecule has 0 aromatic carbocycles. The first-order valence-corrected chi connectivity index (χ1v) is 10.8. The van der Waals surface area contributed by atoms with E-state index < -0.39 is 73.4 Å². The van der Waals surface area contributed by atoms with Crippen molar-refractivity contribution in [1.82, 2.24) is 0 Å². The second-order valence-electron chi connectivity index (χ2n) is 7.83. The summed E-state index contributed by atoms with van der Waals surface area (Å²) < 4.78 is 35.9. The van der Waals surface area contributed by atoms with Gasteiger partial charge in [-0.05, 0) is 6.08 Å². The minimum absolute atomic E-state index is 0.0647. The van der Waals surface area contributed by atoms with Crippen molar-refractivity contribution < 1.29 is 67.7 Å². The summed E-state index contributed by atoms with van der Waals surface area (Å²) in [6.45, 7) is 1.58. The Kier molecular flexibility index (Phi) is 10.8. The monoisotopic (exact) mass is 518 g/mol. The van der Waals surface area contributed by atoms with Crippen molar-refractivity contribution in [2.75, 3.05) is 27.4 Å². The van der Waals surface area contributed by atoms with Crippen LogP contribution in [-0.4, -0.2) is 104 Å². The lowest BCUT2D eigenvalue weighted by atomic mass is 9.86. The molecule has 2 aliphatic heterocycles. The van der Waals surface area contributed by atoms with Gasteiger partial charge in [0.1, 0.15) is 37.6 Å². The molecule has 14 heteroatoms. The molecule has 0 spiro atoms. The van der Waals surface area contributed by atoms with Crippen LogP contribution in [0.15, 0.2) is 23.5 Å². The first kappa shape index (κ1) is 29.2. The van der Waals surface area contributed by atoms with E-state index in [0.29, 0.717) is 0 Å². The molecule has 1 fully saturated rings. The lowest BCUT2D eigenvalue weighted by Crippen LogP contribution is -2.60. The normalized spacial score (nSPS) is 31.0. The minimum atomic E-state index is -1.77. The Hall–Kier alpha value is -3.04. The Labute approximate surface area is 206 Å². The van der Waals surface area contributed by atoms with Crippen LogP contribution < -0.4 is 0 Å². The predicted octanol–water partition coefficient (Wildman–Crippen LogP) is -1.54. The van der Waals surface area contributed by atoms with Crippen molar-refractivity contribution >= 4 is 23.9 Å². The fraction of sp³-hybridized carbons (Fsp3) is 0.636. The number of hydrogen-bond acceptors (Lipinski definition) is 14. The molecular formula is C22H30O14. The quantitative estimate of drug-likeness (QED) is 0.180. The fourth-order valence-electron chi connectivity index (χ4n) is 3.52. The van der Waals surface area contributed by atoms with Gasteiger partial charge < -0.3 is 48.5 Å². The smallest absolute Gasteiger partial charge is 0.337 e. The van der Waals surface area contributed by atoms with Crippen molar-refractivity contribution in [1.29, 1.82) is 0 Å². The molecule has 0 saturated carbocycles. The number of hydrogen-bond donors (Lipinski definition) is 3. The second-order valence-corrected chi connectivity index (χ2v) is 7.83. The SMILES string of the molecule is COC(=O)C[C@H]1C(C(=O)OC)=CO[C@@H](O[C@@H]2O[C@H](COC(C)=O)[C@@H](O)[C@H](O)[C@H]2O)/C1=C/COC(C)=O. The standard InChI is InChI=1S/C22H30O14/c1-10(23)32-6-5-12-13(7-16(25)30-3)14(20(29)31-4)8-34-21(12)36-22-19(28)18(27)17(26)15(35-22)9-33-11(2)24/h5,8,13,15,17-19,21-22,26-28H,6-7,9H2,1-4H3/b12-5+/t13-,15-,17-,18+,19-,21+,22+/m1/s1. The Balaban J connectivity index is 2.38. The van der Waals surface area contributed by atoms with Crippen molar-refractivity contribution in [3.63, 3.8) is 0 Å². The van der Waals surface area contributed by atoms with Gasteiger partial charge in [0.25, 0.3) is 0 Å². The van der Waals surface area contributed by atoms with E-state index in [1.165, 1.54) is 13.0 Å². The van der Waals surface area contributed by atoms with Crippen LogP contribution in [0, 0.1) is 5.92 Å². The third-order valence-corrected chi connectivity index (χ3v) is 5.37. The molecule has 0 aromatic rings. The number of methoxy groups -OCH3 is 2. The highest BCUT2D eigenvalue weighted by Crippen LogP contribution is 2.36. The van der Waals surface area contributed by atoms with Gasteiger partial charge in [-0.2, -0.15) is 0 Å². The highest BCUT2D eigenvalue weighted by Gasteiger charge is 2.47. The average Bonchev–Trinajstić information content (AvgIpc) is 2.84. The van der Waals surface area contributed by atoms with E-state index in [0.717, 1.165) is 27.4 Å². The molecule has 2 aliphatic rings. The maximum absolute atomic E-state index is 12.3. The van der Waals surface area contributed by atoms with Gasteiger partial charge in [0.05, 0.1) is 32.5 Å². The number of ether oxygens (including phenoxy) is 7. The molecule has 0 bridgehead atoms. The number of carbonyl (C=O) groups excluding carboxylic acids is 4. The molecular weight excluding hydrogens is 488 g/mol. The van der Waals surface area contributed by atoms with Gasteiger partial charge in [0.2, 0.25) is 6.29 Å². The Morgan fingerprint density at radius 2 is 1.64 bits per heavy atom. The number of aliphatic hydroxyl groups is 3. The van der Waals surface area contributed by atoms with Gasteiger partial charge >= 0.3 is 23.9 Å². The highest BCUT2D eigenvalue weighted by atomic mass is 16.8. The van der Waals surface area contributed by atoms with Gasteiger partial charge in [-0.15, -0.1) is 0 Å². The number of carbonyl (C=O) groups is 4. The zero-order chi connectivity index (χ0) is 27.0. The van der Waals surface area contributed by atoms with E-state index in [-0.39, 0.29) is 24.2 Å². The van der Waals surface area contributed by atoms with Gasteiger partial charge in [-0.3, -0.25) is 14.4 Å². The third kappa shape index (κ3) is 7.48. The molecule has 0 aliphatic carbocycles. The van der Waals surface area contributed by atoms with Gasteiger partial charge in [-0.1, -0.05) is 0 Å². The van der Waals surface area contributed by atoms with E-state index in [2.05, 4.69) is 0 Å². The fourth-order valence-corrected chi connectivity index (χ4v) is 3.52. The maximum atomic E-state index is 12.3. The van der Waals surface area contributed by atoms with E-state index >= 15 is 0 Å². The molecule has 0 amide bonds. The minimum Gasteiger partial charge on any atom is -0.469 e. The summed E-state index contributed by atoms with van der Waals surface area (Å²) >= 11 is 0. The molecule has 14 nitrogen and oxygen atoms in total. The zero-order valence-electron chi connectivity index (χ0n) is 20.1. The summed E-state index contributed by atoms with van der Waals surface area (Å²) in [6.07, 6.45) is -7.42. The number of rotatable bonds is 9. The van der Waals surface area contributed by atoms with Crippen LogP contribution in [0.3, 0.4) is 0 Å². The Morgan fingerprint density at radius 3 is 2.22 bits per heavy atom.